The smallest absolute Gasteiger partial charge is 0.340 e. The number of nitro groups is 1. The highest BCUT2D eigenvalue weighted by Crippen LogP contribution is 2.27. The van der Waals surface area contributed by atoms with E-state index in [0.29, 0.717) is 16.4 Å². The van der Waals surface area contributed by atoms with Gasteiger partial charge in [0.25, 0.3) is 11.6 Å². The maximum atomic E-state index is 11.9. The zero-order chi connectivity index (χ0) is 19.2. The van der Waals surface area contributed by atoms with Crippen molar-refractivity contribution in [2.24, 2.45) is 0 Å². The van der Waals surface area contributed by atoms with Crippen LogP contribution in [0.5, 0.6) is 0 Å². The summed E-state index contributed by atoms with van der Waals surface area (Å²) in [6, 6.07) is 9.14. The van der Waals surface area contributed by atoms with Crippen LogP contribution >= 0.6 is 11.3 Å². The second-order valence-corrected chi connectivity index (χ2v) is 6.07. The minimum Gasteiger partial charge on any atom is -0.452 e. The Morgan fingerprint density at radius 2 is 2.11 bits per heavy atom. The Bertz CT molecular complexity index is 990. The minimum atomic E-state index is -0.658. The molecule has 2 heterocycles. The molecule has 0 fully saturated rings. The van der Waals surface area contributed by atoms with E-state index in [1.165, 1.54) is 30.6 Å². The molecular weight excluding hydrogens is 372 g/mol. The molecule has 0 saturated heterocycles. The molecule has 3 rings (SSSR count). The number of carbonyl (C=O) groups excluding carboxylic acids is 2. The normalized spacial score (nSPS) is 10.2. The summed E-state index contributed by atoms with van der Waals surface area (Å²) in [4.78, 5) is 42.1. The summed E-state index contributed by atoms with van der Waals surface area (Å²) in [5, 5.41) is 15.3. The average molecular weight is 384 g/mol. The van der Waals surface area contributed by atoms with Crippen molar-refractivity contribution in [1.82, 2.24) is 9.97 Å². The van der Waals surface area contributed by atoms with E-state index < -0.39 is 23.4 Å². The van der Waals surface area contributed by atoms with Gasteiger partial charge in [0.1, 0.15) is 0 Å². The number of hydrogen-bond donors (Lipinski definition) is 1. The fourth-order valence-corrected chi connectivity index (χ4v) is 2.83. The molecule has 0 bridgehead atoms. The molecular formula is C17H12N4O5S. The summed E-state index contributed by atoms with van der Waals surface area (Å²) in [6.07, 6.45) is 2.86. The van der Waals surface area contributed by atoms with E-state index in [9.17, 15) is 19.7 Å². The van der Waals surface area contributed by atoms with Crippen molar-refractivity contribution in [3.05, 3.63) is 69.8 Å². The van der Waals surface area contributed by atoms with Gasteiger partial charge in [-0.3, -0.25) is 25.2 Å². The van der Waals surface area contributed by atoms with Gasteiger partial charge in [-0.1, -0.05) is 12.1 Å². The molecule has 0 aliphatic heterocycles. The number of nitrogens with zero attached hydrogens (tertiary/aromatic N) is 3. The summed E-state index contributed by atoms with van der Waals surface area (Å²) >= 11 is 1.15. The summed E-state index contributed by atoms with van der Waals surface area (Å²) in [5.41, 5.74) is 1.25. The lowest BCUT2D eigenvalue weighted by Gasteiger charge is -2.04. The van der Waals surface area contributed by atoms with Crippen molar-refractivity contribution in [1.29, 1.82) is 0 Å². The first kappa shape index (κ1) is 18.1. The lowest BCUT2D eigenvalue weighted by Crippen LogP contribution is -2.20. The van der Waals surface area contributed by atoms with Crippen LogP contribution in [-0.2, 0) is 9.53 Å². The predicted octanol–water partition coefficient (Wildman–Crippen LogP) is 2.91. The van der Waals surface area contributed by atoms with Crippen LogP contribution in [0.3, 0.4) is 0 Å². The minimum absolute atomic E-state index is 0.0478. The number of esters is 1. The quantitative estimate of drug-likeness (QED) is 0.393. The van der Waals surface area contributed by atoms with Crippen LogP contribution in [0.25, 0.3) is 11.3 Å². The Kier molecular flexibility index (Phi) is 5.47. The number of carbonyl (C=O) groups is 2. The summed E-state index contributed by atoms with van der Waals surface area (Å²) in [7, 11) is 0. The summed E-state index contributed by atoms with van der Waals surface area (Å²) in [5.74, 6) is -1.21. The largest absolute Gasteiger partial charge is 0.452 e. The standard InChI is InChI=1S/C17H12N4O5S/c22-15(9-26-16(23)12-4-2-6-18-8-12)20-17-19-14(10-27-17)11-3-1-5-13(7-11)21(24)25/h1-8,10H,9H2,(H,19,20,22). The summed E-state index contributed by atoms with van der Waals surface area (Å²) < 4.78 is 4.91. The van der Waals surface area contributed by atoms with E-state index in [2.05, 4.69) is 15.3 Å². The van der Waals surface area contributed by atoms with Crippen LogP contribution in [0, 0.1) is 10.1 Å². The number of hydrogen-bond acceptors (Lipinski definition) is 8. The van der Waals surface area contributed by atoms with Gasteiger partial charge in [-0.05, 0) is 12.1 Å². The Balaban J connectivity index is 1.59. The fraction of sp³-hybridized carbons (Fsp3) is 0.0588. The highest BCUT2D eigenvalue weighted by Gasteiger charge is 2.13. The van der Waals surface area contributed by atoms with Crippen LogP contribution in [0.1, 0.15) is 10.4 Å². The maximum Gasteiger partial charge on any atom is 0.340 e. The van der Waals surface area contributed by atoms with Gasteiger partial charge in [-0.25, -0.2) is 9.78 Å². The number of anilines is 1. The third-order valence-electron chi connectivity index (χ3n) is 3.33. The molecule has 0 saturated carbocycles. The number of thiazole rings is 1. The Morgan fingerprint density at radius 1 is 1.26 bits per heavy atom. The number of benzene rings is 1. The van der Waals surface area contributed by atoms with Crippen molar-refractivity contribution in [3.63, 3.8) is 0 Å². The van der Waals surface area contributed by atoms with Crippen LogP contribution in [-0.4, -0.2) is 33.4 Å². The number of amides is 1. The number of nitrogens with one attached hydrogen (secondary N) is 1. The van der Waals surface area contributed by atoms with Gasteiger partial charge in [0.2, 0.25) is 0 Å². The van der Waals surface area contributed by atoms with Gasteiger partial charge in [-0.15, -0.1) is 11.3 Å². The molecule has 0 atom stereocenters. The van der Waals surface area contributed by atoms with Gasteiger partial charge < -0.3 is 4.74 Å². The van der Waals surface area contributed by atoms with E-state index >= 15 is 0 Å². The Labute approximate surface area is 156 Å². The second-order valence-electron chi connectivity index (χ2n) is 5.21. The van der Waals surface area contributed by atoms with Crippen LogP contribution < -0.4 is 5.32 Å². The third-order valence-corrected chi connectivity index (χ3v) is 4.09. The number of aromatic nitrogens is 2. The fourth-order valence-electron chi connectivity index (χ4n) is 2.10. The van der Waals surface area contributed by atoms with Gasteiger partial charge in [0.15, 0.2) is 11.7 Å². The van der Waals surface area contributed by atoms with E-state index in [1.54, 1.807) is 23.6 Å². The molecule has 0 aliphatic carbocycles. The molecule has 1 aromatic carbocycles. The molecule has 0 unspecified atom stereocenters. The van der Waals surface area contributed by atoms with Gasteiger partial charge >= 0.3 is 5.97 Å². The molecule has 3 aromatic rings. The van der Waals surface area contributed by atoms with Gasteiger partial charge in [0.05, 0.1) is 16.2 Å². The highest BCUT2D eigenvalue weighted by molar-refractivity contribution is 7.14. The first-order valence-electron chi connectivity index (χ1n) is 7.60. The first-order valence-corrected chi connectivity index (χ1v) is 8.48. The molecule has 1 N–H and O–H groups in total. The van der Waals surface area contributed by atoms with Gasteiger partial charge in [0, 0.05) is 35.5 Å². The van der Waals surface area contributed by atoms with Crippen LogP contribution in [0.2, 0.25) is 0 Å². The van der Waals surface area contributed by atoms with Crippen LogP contribution in [0.4, 0.5) is 10.8 Å². The Morgan fingerprint density at radius 3 is 2.85 bits per heavy atom. The zero-order valence-electron chi connectivity index (χ0n) is 13.7. The SMILES string of the molecule is O=C(COC(=O)c1cccnc1)Nc1nc(-c2cccc([N+](=O)[O-])c2)cs1. The molecule has 1 amide bonds. The monoisotopic (exact) mass is 384 g/mol. The lowest BCUT2D eigenvalue weighted by molar-refractivity contribution is -0.384. The molecule has 9 nitrogen and oxygen atoms in total. The number of rotatable bonds is 6. The summed E-state index contributed by atoms with van der Waals surface area (Å²) in [6.45, 7) is -0.473. The average Bonchev–Trinajstić information content (AvgIpc) is 3.15. The van der Waals surface area contributed by atoms with Crippen molar-refractivity contribution in [3.8, 4) is 11.3 Å². The molecule has 2 aromatic heterocycles. The molecule has 136 valence electrons. The van der Waals surface area contributed by atoms with Crippen molar-refractivity contribution in [2.45, 2.75) is 0 Å². The zero-order valence-corrected chi connectivity index (χ0v) is 14.5. The van der Waals surface area contributed by atoms with Crippen molar-refractivity contribution >= 4 is 34.0 Å². The third kappa shape index (κ3) is 4.70. The predicted molar refractivity (Wildman–Crippen MR) is 97.4 cm³/mol. The molecule has 0 aliphatic rings. The number of ether oxygens (including phenoxy) is 1. The Hall–Kier alpha value is -3.66. The van der Waals surface area contributed by atoms with Crippen molar-refractivity contribution < 1.29 is 19.2 Å². The van der Waals surface area contributed by atoms with Gasteiger partial charge in [-0.2, -0.15) is 0 Å². The van der Waals surface area contributed by atoms with E-state index in [1.807, 2.05) is 0 Å². The lowest BCUT2D eigenvalue weighted by atomic mass is 10.1. The molecule has 0 spiro atoms. The van der Waals surface area contributed by atoms with E-state index in [-0.39, 0.29) is 11.3 Å². The van der Waals surface area contributed by atoms with E-state index in [0.717, 1.165) is 11.3 Å². The molecule has 10 heteroatoms. The topological polar surface area (TPSA) is 124 Å². The number of non-ortho nitro benzene ring substituents is 1. The molecule has 0 radical (unpaired) electrons. The highest BCUT2D eigenvalue weighted by atomic mass is 32.1. The van der Waals surface area contributed by atoms with E-state index in [4.69, 9.17) is 4.74 Å². The second kappa shape index (κ2) is 8.15. The maximum absolute atomic E-state index is 11.9. The van der Waals surface area contributed by atoms with Crippen LogP contribution in [0.15, 0.2) is 54.2 Å². The van der Waals surface area contributed by atoms with Crippen molar-refractivity contribution in [2.75, 3.05) is 11.9 Å². The number of pyridine rings is 1. The first-order chi connectivity index (χ1) is 13.0. The number of nitro benzene ring substituents is 1. The molecule has 27 heavy (non-hydrogen) atoms.